The molecule has 0 spiro atoms. The first-order valence-corrected chi connectivity index (χ1v) is 8.79. The summed E-state index contributed by atoms with van der Waals surface area (Å²) in [6, 6.07) is 0. The van der Waals surface area contributed by atoms with Gasteiger partial charge in [-0.1, -0.05) is 25.7 Å². The van der Waals surface area contributed by atoms with E-state index in [0.29, 0.717) is 12.8 Å². The van der Waals surface area contributed by atoms with Crippen LogP contribution < -0.4 is 5.32 Å². The Kier molecular flexibility index (Phi) is 4.95. The fraction of sp³-hybridized carbons (Fsp3) is 1.00. The first-order valence-electron chi connectivity index (χ1n) is 5.57. The topological polar surface area (TPSA) is 127 Å². The van der Waals surface area contributed by atoms with Gasteiger partial charge in [-0.2, -0.15) is 0 Å². The van der Waals surface area contributed by atoms with Crippen LogP contribution in [0.2, 0.25) is 0 Å². The second kappa shape index (κ2) is 5.49. The van der Waals surface area contributed by atoms with Crippen molar-refractivity contribution >= 4 is 15.2 Å². The van der Waals surface area contributed by atoms with E-state index in [4.69, 9.17) is 0 Å². The standard InChI is InChI=1S/C8H19NO6P2/c10-16(11,12)8(17(13,14)15)6-4-2-1-3-5-7-9-8/h9H,1-7H2,(H2,10,11,12)(H2,13,14,15). The van der Waals surface area contributed by atoms with Gasteiger partial charge < -0.3 is 19.6 Å². The van der Waals surface area contributed by atoms with Crippen molar-refractivity contribution in [1.29, 1.82) is 0 Å². The van der Waals surface area contributed by atoms with Crippen LogP contribution in [0.25, 0.3) is 0 Å². The molecule has 0 radical (unpaired) electrons. The lowest BCUT2D eigenvalue weighted by Gasteiger charge is -2.35. The van der Waals surface area contributed by atoms with Crippen molar-refractivity contribution in [2.45, 2.75) is 43.5 Å². The lowest BCUT2D eigenvalue weighted by molar-refractivity contribution is 0.279. The zero-order valence-electron chi connectivity index (χ0n) is 9.45. The van der Waals surface area contributed by atoms with E-state index in [1.54, 1.807) is 0 Å². The molecule has 0 aromatic carbocycles. The van der Waals surface area contributed by atoms with Gasteiger partial charge in [0.15, 0.2) is 0 Å². The van der Waals surface area contributed by atoms with Crippen LogP contribution in [0.15, 0.2) is 0 Å². The molecule has 0 aromatic rings. The Balaban J connectivity index is 3.10. The Labute approximate surface area is 99.9 Å². The van der Waals surface area contributed by atoms with Crippen LogP contribution in [0.3, 0.4) is 0 Å². The highest BCUT2D eigenvalue weighted by Gasteiger charge is 2.59. The average molecular weight is 287 g/mol. The molecule has 0 aliphatic carbocycles. The van der Waals surface area contributed by atoms with Crippen molar-refractivity contribution in [3.05, 3.63) is 0 Å². The van der Waals surface area contributed by atoms with Crippen molar-refractivity contribution in [1.82, 2.24) is 5.32 Å². The highest BCUT2D eigenvalue weighted by Crippen LogP contribution is 2.69. The lowest BCUT2D eigenvalue weighted by atomic mass is 10.1. The number of hydrogen-bond acceptors (Lipinski definition) is 3. The highest BCUT2D eigenvalue weighted by molar-refractivity contribution is 7.72. The smallest absolute Gasteiger partial charge is 0.323 e. The summed E-state index contributed by atoms with van der Waals surface area (Å²) >= 11 is 0. The third-order valence-electron chi connectivity index (χ3n) is 3.07. The van der Waals surface area contributed by atoms with Crippen LogP contribution in [0, 0.1) is 0 Å². The maximum atomic E-state index is 11.5. The van der Waals surface area contributed by atoms with Crippen molar-refractivity contribution in [2.24, 2.45) is 0 Å². The predicted octanol–water partition coefficient (Wildman–Crippen LogP) is 0.939. The molecule has 0 amide bonds. The molecule has 17 heavy (non-hydrogen) atoms. The van der Waals surface area contributed by atoms with Gasteiger partial charge in [-0.25, -0.2) is 0 Å². The highest BCUT2D eigenvalue weighted by atomic mass is 31.2. The van der Waals surface area contributed by atoms with Gasteiger partial charge >= 0.3 is 15.2 Å². The number of rotatable bonds is 2. The summed E-state index contributed by atoms with van der Waals surface area (Å²) in [5.41, 5.74) is 0. The first kappa shape index (κ1) is 15.3. The van der Waals surface area contributed by atoms with Crippen LogP contribution >= 0.6 is 15.2 Å². The fourth-order valence-corrected chi connectivity index (χ4v) is 4.96. The van der Waals surface area contributed by atoms with Crippen LogP contribution in [0.4, 0.5) is 0 Å². The van der Waals surface area contributed by atoms with E-state index in [0.717, 1.165) is 19.3 Å². The van der Waals surface area contributed by atoms with E-state index in [2.05, 4.69) is 5.32 Å². The molecule has 0 saturated carbocycles. The minimum Gasteiger partial charge on any atom is -0.323 e. The maximum Gasteiger partial charge on any atom is 0.357 e. The molecule has 1 aliphatic rings. The third kappa shape index (κ3) is 3.38. The van der Waals surface area contributed by atoms with Gasteiger partial charge in [-0.05, 0) is 19.4 Å². The zero-order valence-corrected chi connectivity index (χ0v) is 11.2. The minimum absolute atomic E-state index is 0.205. The quantitative estimate of drug-likeness (QED) is 0.478. The van der Waals surface area contributed by atoms with Crippen molar-refractivity contribution < 1.29 is 28.7 Å². The van der Waals surface area contributed by atoms with Gasteiger partial charge in [-0.3, -0.25) is 14.4 Å². The molecule has 7 nitrogen and oxygen atoms in total. The molecule has 1 heterocycles. The second-order valence-electron chi connectivity index (χ2n) is 4.35. The van der Waals surface area contributed by atoms with E-state index in [9.17, 15) is 28.7 Å². The second-order valence-corrected chi connectivity index (χ2v) is 8.40. The first-order chi connectivity index (χ1) is 7.71. The molecule has 0 aromatic heterocycles. The van der Waals surface area contributed by atoms with Gasteiger partial charge in [-0.15, -0.1) is 0 Å². The Morgan fingerprint density at radius 3 is 1.82 bits per heavy atom. The van der Waals surface area contributed by atoms with Crippen molar-refractivity contribution in [3.63, 3.8) is 0 Å². The van der Waals surface area contributed by atoms with Gasteiger partial charge in [0.25, 0.3) is 0 Å². The Morgan fingerprint density at radius 2 is 1.29 bits per heavy atom. The molecule has 1 rings (SSSR count). The molecular weight excluding hydrogens is 268 g/mol. The minimum atomic E-state index is -4.93. The van der Waals surface area contributed by atoms with Crippen LogP contribution in [0.1, 0.15) is 38.5 Å². The molecule has 0 unspecified atom stereocenters. The monoisotopic (exact) mass is 287 g/mol. The summed E-state index contributed by atoms with van der Waals surface area (Å²) in [5, 5.41) is 0.0303. The molecule has 9 heteroatoms. The Hall–Kier alpha value is 0.260. The van der Waals surface area contributed by atoms with E-state index in [1.165, 1.54) is 0 Å². The van der Waals surface area contributed by atoms with Crippen LogP contribution in [-0.2, 0) is 9.13 Å². The fourth-order valence-electron chi connectivity index (χ4n) is 2.07. The van der Waals surface area contributed by atoms with Crippen molar-refractivity contribution in [3.8, 4) is 0 Å². The summed E-state index contributed by atoms with van der Waals surface area (Å²) in [5.74, 6) is 0. The molecule has 1 saturated heterocycles. The summed E-state index contributed by atoms with van der Waals surface area (Å²) in [6.07, 6.45) is 3.38. The SMILES string of the molecule is O=P(O)(O)C1(P(=O)(O)O)CCCCCCCN1. The largest absolute Gasteiger partial charge is 0.357 e. The summed E-state index contributed by atoms with van der Waals surface area (Å²) in [4.78, 5) is 37.2. The number of hydrogen-bond donors (Lipinski definition) is 5. The molecule has 1 aliphatic heterocycles. The predicted molar refractivity (Wildman–Crippen MR) is 62.5 cm³/mol. The molecule has 1 fully saturated rings. The molecule has 5 N–H and O–H groups in total. The van der Waals surface area contributed by atoms with Crippen molar-refractivity contribution in [2.75, 3.05) is 6.54 Å². The third-order valence-corrected chi connectivity index (χ3v) is 7.33. The van der Waals surface area contributed by atoms with Gasteiger partial charge in [0, 0.05) is 0 Å². The molecule has 0 bridgehead atoms. The Morgan fingerprint density at radius 1 is 0.824 bits per heavy atom. The maximum absolute atomic E-state index is 11.5. The number of nitrogens with one attached hydrogen (secondary N) is 1. The summed E-state index contributed by atoms with van der Waals surface area (Å²) in [6.45, 7) is 0.205. The van der Waals surface area contributed by atoms with Gasteiger partial charge in [0.1, 0.15) is 0 Å². The zero-order chi connectivity index (χ0) is 13.2. The van der Waals surface area contributed by atoms with Gasteiger partial charge in [0.2, 0.25) is 5.02 Å². The van der Waals surface area contributed by atoms with E-state index in [1.807, 2.05) is 0 Å². The molecule has 102 valence electrons. The average Bonchev–Trinajstić information content (AvgIpc) is 2.25. The Bertz CT molecular complexity index is 314. The van der Waals surface area contributed by atoms with E-state index in [-0.39, 0.29) is 13.0 Å². The van der Waals surface area contributed by atoms with Gasteiger partial charge in [0.05, 0.1) is 0 Å². The van der Waals surface area contributed by atoms with Crippen LogP contribution in [0.5, 0.6) is 0 Å². The van der Waals surface area contributed by atoms with E-state index >= 15 is 0 Å². The molecular formula is C8H19NO6P2. The summed E-state index contributed by atoms with van der Waals surface area (Å²) in [7, 11) is -9.87. The normalized spacial score (nSPS) is 23.5. The van der Waals surface area contributed by atoms with Crippen LogP contribution in [-0.4, -0.2) is 31.1 Å². The lowest BCUT2D eigenvalue weighted by Crippen LogP contribution is -2.44. The summed E-state index contributed by atoms with van der Waals surface area (Å²) < 4.78 is 22.9. The molecule has 0 atom stereocenters. The van der Waals surface area contributed by atoms with E-state index < -0.39 is 20.2 Å².